The van der Waals surface area contributed by atoms with Gasteiger partial charge in [-0.1, -0.05) is 19.1 Å². The Hall–Kier alpha value is -3.18. The van der Waals surface area contributed by atoms with Gasteiger partial charge in [-0.25, -0.2) is 0 Å². The number of hydrogen-bond donors (Lipinski definition) is 2. The molecule has 144 valence electrons. The molecule has 1 aromatic rings. The molecule has 2 aliphatic rings. The monoisotopic (exact) mass is 376 g/mol. The van der Waals surface area contributed by atoms with Gasteiger partial charge in [-0.2, -0.15) is 15.8 Å². The molecule has 3 rings (SSSR count). The Morgan fingerprint density at radius 2 is 2.00 bits per heavy atom. The van der Waals surface area contributed by atoms with Crippen molar-refractivity contribution in [1.29, 1.82) is 15.8 Å². The Labute approximate surface area is 165 Å². The minimum Gasteiger partial charge on any atom is -0.399 e. The van der Waals surface area contributed by atoms with Crippen molar-refractivity contribution in [2.45, 2.75) is 19.8 Å². The summed E-state index contributed by atoms with van der Waals surface area (Å²) in [6.07, 6.45) is 5.34. The summed E-state index contributed by atoms with van der Waals surface area (Å²) in [6.45, 7) is 6.25. The number of aromatic nitrogens is 1. The van der Waals surface area contributed by atoms with Gasteiger partial charge in [0.25, 0.3) is 0 Å². The standard InChI is InChI=1S/C19H18N6.C2H6O/c1-2-25-7-5-14-15(8-20)18(23)19(11-21,12-22)17(16(14)10-25)13-4-3-6-24-9-13;1-2-3/h3-6,9,16-17H,2,7,10,23H2,1H3;3H,2H2,1H3/t16-,17+;/m0./s1. The van der Waals surface area contributed by atoms with E-state index in [1.165, 1.54) is 0 Å². The van der Waals surface area contributed by atoms with Crippen molar-refractivity contribution in [3.05, 3.63) is 53.0 Å². The third-order valence-electron chi connectivity index (χ3n) is 5.23. The molecule has 3 N–H and O–H groups in total. The largest absolute Gasteiger partial charge is 0.399 e. The molecule has 0 aromatic carbocycles. The topological polar surface area (TPSA) is 134 Å². The normalized spacial score (nSPS) is 23.1. The van der Waals surface area contributed by atoms with Gasteiger partial charge in [0.15, 0.2) is 5.41 Å². The second-order valence-electron chi connectivity index (χ2n) is 6.63. The van der Waals surface area contributed by atoms with Crippen molar-refractivity contribution in [3.8, 4) is 18.2 Å². The highest BCUT2D eigenvalue weighted by Gasteiger charge is 2.54. The first-order valence-corrected chi connectivity index (χ1v) is 9.20. The molecule has 2 heterocycles. The maximum atomic E-state index is 9.92. The number of likely N-dealkylation sites (N-methyl/N-ethyl adjacent to an activating group) is 1. The molecule has 2 atom stereocenters. The molecule has 1 aliphatic carbocycles. The van der Waals surface area contributed by atoms with Crippen LogP contribution in [0.2, 0.25) is 0 Å². The quantitative estimate of drug-likeness (QED) is 0.804. The van der Waals surface area contributed by atoms with Gasteiger partial charge in [0, 0.05) is 43.9 Å². The van der Waals surface area contributed by atoms with Gasteiger partial charge < -0.3 is 10.8 Å². The first kappa shape index (κ1) is 21.1. The van der Waals surface area contributed by atoms with Gasteiger partial charge in [-0.3, -0.25) is 9.88 Å². The highest BCUT2D eigenvalue weighted by atomic mass is 16.2. The predicted octanol–water partition coefficient (Wildman–Crippen LogP) is 1.83. The lowest BCUT2D eigenvalue weighted by Gasteiger charge is -2.45. The number of pyridine rings is 1. The molecule has 7 heteroatoms. The minimum atomic E-state index is -1.58. The minimum absolute atomic E-state index is 0.0568. The zero-order chi connectivity index (χ0) is 20.7. The lowest BCUT2D eigenvalue weighted by molar-refractivity contribution is 0.214. The molecule has 0 bridgehead atoms. The summed E-state index contributed by atoms with van der Waals surface area (Å²) in [5, 5.41) is 37.0. The molecular weight excluding hydrogens is 352 g/mol. The molecule has 28 heavy (non-hydrogen) atoms. The van der Waals surface area contributed by atoms with E-state index in [9.17, 15) is 15.8 Å². The SMILES string of the molecule is CCN1CC=C2C(C#N)=C(N)C(C#N)(C#N)[C@H](c3cccnc3)[C@H]2C1.CCO. The summed E-state index contributed by atoms with van der Waals surface area (Å²) in [5.41, 5.74) is 6.63. The van der Waals surface area contributed by atoms with Crippen LogP contribution in [0.5, 0.6) is 0 Å². The van der Waals surface area contributed by atoms with E-state index in [1.807, 2.05) is 12.1 Å². The summed E-state index contributed by atoms with van der Waals surface area (Å²) in [4.78, 5) is 6.39. The van der Waals surface area contributed by atoms with Gasteiger partial charge >= 0.3 is 0 Å². The number of nitriles is 3. The van der Waals surface area contributed by atoms with Crippen LogP contribution >= 0.6 is 0 Å². The Kier molecular flexibility index (Phi) is 6.90. The molecule has 1 aromatic heterocycles. The van der Waals surface area contributed by atoms with Crippen molar-refractivity contribution in [1.82, 2.24) is 9.88 Å². The van der Waals surface area contributed by atoms with Crippen LogP contribution in [0.15, 0.2) is 47.4 Å². The first-order valence-electron chi connectivity index (χ1n) is 9.20. The van der Waals surface area contributed by atoms with Crippen LogP contribution in [0, 0.1) is 45.3 Å². The van der Waals surface area contributed by atoms with E-state index in [-0.39, 0.29) is 23.8 Å². The fourth-order valence-corrected chi connectivity index (χ4v) is 3.93. The van der Waals surface area contributed by atoms with Crippen LogP contribution in [0.1, 0.15) is 25.3 Å². The summed E-state index contributed by atoms with van der Waals surface area (Å²) in [5.74, 6) is -0.618. The summed E-state index contributed by atoms with van der Waals surface area (Å²) in [6, 6.07) is 10.0. The van der Waals surface area contributed by atoms with Gasteiger partial charge in [-0.15, -0.1) is 0 Å². The Bertz CT molecular complexity index is 870. The van der Waals surface area contributed by atoms with Gasteiger partial charge in [0.2, 0.25) is 0 Å². The lowest BCUT2D eigenvalue weighted by atomic mass is 9.58. The number of fused-ring (bicyclic) bond motifs is 1. The maximum absolute atomic E-state index is 9.92. The number of aliphatic hydroxyl groups excluding tert-OH is 1. The van der Waals surface area contributed by atoms with E-state index in [0.717, 1.165) is 24.2 Å². The molecule has 0 unspecified atom stereocenters. The molecule has 7 nitrogen and oxygen atoms in total. The van der Waals surface area contributed by atoms with Crippen LogP contribution in [-0.4, -0.2) is 41.2 Å². The first-order chi connectivity index (χ1) is 13.5. The smallest absolute Gasteiger partial charge is 0.191 e. The third-order valence-corrected chi connectivity index (χ3v) is 5.23. The van der Waals surface area contributed by atoms with Crippen molar-refractivity contribution in [2.75, 3.05) is 26.2 Å². The van der Waals surface area contributed by atoms with Crippen molar-refractivity contribution in [2.24, 2.45) is 17.1 Å². The fourth-order valence-electron chi connectivity index (χ4n) is 3.93. The maximum Gasteiger partial charge on any atom is 0.191 e. The number of nitrogens with two attached hydrogens (primary N) is 1. The van der Waals surface area contributed by atoms with Crippen molar-refractivity contribution < 1.29 is 5.11 Å². The summed E-state index contributed by atoms with van der Waals surface area (Å²) >= 11 is 0. The molecule has 0 saturated heterocycles. The Morgan fingerprint density at radius 3 is 2.50 bits per heavy atom. The number of hydrogen-bond acceptors (Lipinski definition) is 7. The number of nitrogens with zero attached hydrogens (tertiary/aromatic N) is 5. The van der Waals surface area contributed by atoms with E-state index < -0.39 is 11.3 Å². The van der Waals surface area contributed by atoms with E-state index in [4.69, 9.17) is 10.8 Å². The van der Waals surface area contributed by atoms with Crippen LogP contribution in [0.25, 0.3) is 0 Å². The zero-order valence-electron chi connectivity index (χ0n) is 16.1. The van der Waals surface area contributed by atoms with Crippen LogP contribution in [-0.2, 0) is 0 Å². The average molecular weight is 376 g/mol. The second-order valence-corrected chi connectivity index (χ2v) is 6.63. The highest BCUT2D eigenvalue weighted by molar-refractivity contribution is 5.59. The van der Waals surface area contributed by atoms with E-state index in [0.29, 0.717) is 6.54 Å². The Balaban J connectivity index is 0.000000878. The molecule has 1 aliphatic heterocycles. The van der Waals surface area contributed by atoms with Crippen molar-refractivity contribution >= 4 is 0 Å². The predicted molar refractivity (Wildman–Crippen MR) is 104 cm³/mol. The summed E-state index contributed by atoms with van der Waals surface area (Å²) < 4.78 is 0. The molecule has 0 fully saturated rings. The molecule has 0 spiro atoms. The van der Waals surface area contributed by atoms with Crippen LogP contribution in [0.3, 0.4) is 0 Å². The highest BCUT2D eigenvalue weighted by Crippen LogP contribution is 2.53. The van der Waals surface area contributed by atoms with Gasteiger partial charge in [0.05, 0.1) is 23.4 Å². The lowest BCUT2D eigenvalue weighted by Crippen LogP contribution is -2.48. The van der Waals surface area contributed by atoms with Crippen molar-refractivity contribution in [3.63, 3.8) is 0 Å². The zero-order valence-corrected chi connectivity index (χ0v) is 16.1. The van der Waals surface area contributed by atoms with Crippen LogP contribution in [0.4, 0.5) is 0 Å². The molecular formula is C21H24N6O. The van der Waals surface area contributed by atoms with Crippen LogP contribution < -0.4 is 5.73 Å². The van der Waals surface area contributed by atoms with Gasteiger partial charge in [0.1, 0.15) is 6.07 Å². The van der Waals surface area contributed by atoms with E-state index in [1.54, 1.807) is 25.4 Å². The van der Waals surface area contributed by atoms with E-state index >= 15 is 0 Å². The fraction of sp³-hybridized carbons (Fsp3) is 0.429. The second kappa shape index (κ2) is 9.15. The summed E-state index contributed by atoms with van der Waals surface area (Å²) in [7, 11) is 0. The third kappa shape index (κ3) is 3.49. The molecule has 0 radical (unpaired) electrons. The number of rotatable bonds is 2. The number of allylic oxidation sites excluding steroid dienone is 2. The Morgan fingerprint density at radius 1 is 1.32 bits per heavy atom. The molecule has 0 amide bonds. The van der Waals surface area contributed by atoms with E-state index in [2.05, 4.69) is 35.0 Å². The van der Waals surface area contributed by atoms with Gasteiger partial charge in [-0.05, 0) is 30.7 Å². The number of aliphatic hydroxyl groups is 1. The average Bonchev–Trinajstić information content (AvgIpc) is 2.74. The molecule has 0 saturated carbocycles.